The maximum atomic E-state index is 11.1. The van der Waals surface area contributed by atoms with E-state index >= 15 is 0 Å². The largest absolute Gasteiger partial charge is 0.375 e. The fourth-order valence-electron chi connectivity index (χ4n) is 3.28. The Morgan fingerprint density at radius 3 is 2.95 bits per heavy atom. The Balaban J connectivity index is 1.68. The minimum atomic E-state index is -0.555. The average molecular weight is 276 g/mol. The molecule has 20 heavy (non-hydrogen) atoms. The van der Waals surface area contributed by atoms with Gasteiger partial charge in [-0.2, -0.15) is 0 Å². The highest BCUT2D eigenvalue weighted by Crippen LogP contribution is 2.40. The molecular formula is C14H20N4O2. The predicted octanol–water partition coefficient (Wildman–Crippen LogP) is 1.48. The molecule has 1 aromatic rings. The van der Waals surface area contributed by atoms with Crippen molar-refractivity contribution in [3.8, 4) is 0 Å². The van der Waals surface area contributed by atoms with Crippen molar-refractivity contribution in [3.05, 3.63) is 18.1 Å². The lowest BCUT2D eigenvalue weighted by atomic mass is 9.89. The number of rotatable bonds is 3. The van der Waals surface area contributed by atoms with E-state index in [0.717, 1.165) is 32.3 Å². The molecule has 0 radical (unpaired) electrons. The number of hydrogen-bond donors (Lipinski definition) is 2. The summed E-state index contributed by atoms with van der Waals surface area (Å²) in [5, 5.41) is 3.37. The van der Waals surface area contributed by atoms with Crippen LogP contribution in [-0.4, -0.2) is 34.1 Å². The number of amides is 1. The maximum absolute atomic E-state index is 11.1. The van der Waals surface area contributed by atoms with E-state index in [4.69, 9.17) is 10.5 Å². The topological polar surface area (TPSA) is 90.1 Å². The normalized spacial score (nSPS) is 24.7. The highest BCUT2D eigenvalue weighted by atomic mass is 16.5. The number of carbonyl (C=O) groups excluding carboxylic acids is 1. The molecule has 3 N–H and O–H groups in total. The first-order chi connectivity index (χ1) is 9.67. The molecule has 2 heterocycles. The maximum Gasteiger partial charge on any atom is 0.268 e. The Labute approximate surface area is 118 Å². The van der Waals surface area contributed by atoms with E-state index in [2.05, 4.69) is 15.3 Å². The van der Waals surface area contributed by atoms with Gasteiger partial charge in [-0.15, -0.1) is 0 Å². The molecule has 0 bridgehead atoms. The van der Waals surface area contributed by atoms with E-state index in [1.54, 1.807) is 6.20 Å². The van der Waals surface area contributed by atoms with Gasteiger partial charge in [-0.3, -0.25) is 9.78 Å². The van der Waals surface area contributed by atoms with Gasteiger partial charge >= 0.3 is 0 Å². The lowest BCUT2D eigenvalue weighted by molar-refractivity contribution is -0.0767. The summed E-state index contributed by atoms with van der Waals surface area (Å²) in [4.78, 5) is 19.3. The molecule has 1 amide bonds. The lowest BCUT2D eigenvalue weighted by Crippen LogP contribution is -2.42. The molecular weight excluding hydrogens is 256 g/mol. The van der Waals surface area contributed by atoms with Crippen LogP contribution in [0.5, 0.6) is 0 Å². The van der Waals surface area contributed by atoms with E-state index in [1.807, 2.05) is 0 Å². The summed E-state index contributed by atoms with van der Waals surface area (Å²) in [6, 6.07) is 0.319. The summed E-state index contributed by atoms with van der Waals surface area (Å²) in [5.41, 5.74) is 5.47. The summed E-state index contributed by atoms with van der Waals surface area (Å²) in [6.07, 6.45) is 9.77. The number of nitrogens with one attached hydrogen (secondary N) is 1. The summed E-state index contributed by atoms with van der Waals surface area (Å²) in [7, 11) is 0. The molecule has 2 aliphatic rings. The van der Waals surface area contributed by atoms with Gasteiger partial charge in [0.2, 0.25) is 0 Å². The minimum absolute atomic E-state index is 0.0602. The van der Waals surface area contributed by atoms with Crippen molar-refractivity contribution in [2.45, 2.75) is 50.2 Å². The van der Waals surface area contributed by atoms with E-state index in [9.17, 15) is 4.79 Å². The van der Waals surface area contributed by atoms with Crippen LogP contribution in [0.2, 0.25) is 0 Å². The van der Waals surface area contributed by atoms with Crippen molar-refractivity contribution < 1.29 is 9.53 Å². The molecule has 1 saturated carbocycles. The van der Waals surface area contributed by atoms with Gasteiger partial charge in [0.05, 0.1) is 18.0 Å². The number of anilines is 1. The van der Waals surface area contributed by atoms with Crippen LogP contribution in [0.3, 0.4) is 0 Å². The summed E-state index contributed by atoms with van der Waals surface area (Å²) >= 11 is 0. The number of ether oxygens (including phenoxy) is 1. The van der Waals surface area contributed by atoms with Gasteiger partial charge in [0.1, 0.15) is 11.5 Å². The van der Waals surface area contributed by atoms with E-state index in [0.29, 0.717) is 11.9 Å². The highest BCUT2D eigenvalue weighted by Gasteiger charge is 2.39. The molecule has 2 fully saturated rings. The average Bonchev–Trinajstić information content (AvgIpc) is 2.87. The SMILES string of the molecule is NC(=O)c1cncc(NC2CCOC3(CCCC3)C2)n1. The van der Waals surface area contributed by atoms with Gasteiger partial charge in [-0.25, -0.2) is 4.98 Å². The molecule has 108 valence electrons. The van der Waals surface area contributed by atoms with Crippen molar-refractivity contribution in [1.29, 1.82) is 0 Å². The second kappa shape index (κ2) is 5.36. The van der Waals surface area contributed by atoms with Gasteiger partial charge in [0.15, 0.2) is 0 Å². The van der Waals surface area contributed by atoms with Gasteiger partial charge in [0.25, 0.3) is 5.91 Å². The van der Waals surface area contributed by atoms with Crippen molar-refractivity contribution in [2.24, 2.45) is 5.73 Å². The van der Waals surface area contributed by atoms with E-state index in [1.165, 1.54) is 19.0 Å². The lowest BCUT2D eigenvalue weighted by Gasteiger charge is -2.38. The third kappa shape index (κ3) is 2.75. The van der Waals surface area contributed by atoms with Crippen LogP contribution >= 0.6 is 0 Å². The second-order valence-electron chi connectivity index (χ2n) is 5.73. The zero-order valence-electron chi connectivity index (χ0n) is 11.5. The second-order valence-corrected chi connectivity index (χ2v) is 5.73. The number of nitrogens with two attached hydrogens (primary N) is 1. The smallest absolute Gasteiger partial charge is 0.268 e. The van der Waals surface area contributed by atoms with Crippen LogP contribution in [-0.2, 0) is 4.74 Å². The van der Waals surface area contributed by atoms with Crippen LogP contribution < -0.4 is 11.1 Å². The first-order valence-corrected chi connectivity index (χ1v) is 7.19. The predicted molar refractivity (Wildman–Crippen MR) is 74.3 cm³/mol. The summed E-state index contributed by atoms with van der Waals surface area (Å²) in [5.74, 6) is 0.0572. The van der Waals surface area contributed by atoms with Gasteiger partial charge in [-0.1, -0.05) is 12.8 Å². The molecule has 1 aliphatic heterocycles. The molecule has 6 heteroatoms. The minimum Gasteiger partial charge on any atom is -0.375 e. The molecule has 1 saturated heterocycles. The van der Waals surface area contributed by atoms with Crippen LogP contribution in [0.1, 0.15) is 49.0 Å². The van der Waals surface area contributed by atoms with Gasteiger partial charge < -0.3 is 15.8 Å². The van der Waals surface area contributed by atoms with Crippen molar-refractivity contribution >= 4 is 11.7 Å². The Kier molecular flexibility index (Phi) is 3.56. The fourth-order valence-corrected chi connectivity index (χ4v) is 3.28. The monoisotopic (exact) mass is 276 g/mol. The van der Waals surface area contributed by atoms with Gasteiger partial charge in [-0.05, 0) is 25.7 Å². The molecule has 1 unspecified atom stereocenters. The standard InChI is InChI=1S/C14H20N4O2/c15-13(19)11-8-16-9-12(18-11)17-10-3-6-20-14(7-10)4-1-2-5-14/h8-10H,1-7H2,(H2,15,19)(H,17,18). The molecule has 1 atom stereocenters. The highest BCUT2D eigenvalue weighted by molar-refractivity contribution is 5.90. The van der Waals surface area contributed by atoms with Crippen LogP contribution in [0.25, 0.3) is 0 Å². The zero-order valence-corrected chi connectivity index (χ0v) is 11.5. The number of primary amides is 1. The van der Waals surface area contributed by atoms with E-state index < -0.39 is 5.91 Å². The van der Waals surface area contributed by atoms with E-state index in [-0.39, 0.29) is 11.3 Å². The number of nitrogens with zero attached hydrogens (tertiary/aromatic N) is 2. The first-order valence-electron chi connectivity index (χ1n) is 7.19. The van der Waals surface area contributed by atoms with Crippen molar-refractivity contribution in [3.63, 3.8) is 0 Å². The first kappa shape index (κ1) is 13.3. The number of aromatic nitrogens is 2. The van der Waals surface area contributed by atoms with Crippen LogP contribution in [0.15, 0.2) is 12.4 Å². The molecule has 3 rings (SSSR count). The van der Waals surface area contributed by atoms with Crippen molar-refractivity contribution in [2.75, 3.05) is 11.9 Å². The molecule has 1 aliphatic carbocycles. The Morgan fingerprint density at radius 2 is 2.20 bits per heavy atom. The molecule has 0 aromatic carbocycles. The molecule has 6 nitrogen and oxygen atoms in total. The quantitative estimate of drug-likeness (QED) is 0.872. The Hall–Kier alpha value is -1.69. The third-order valence-corrected chi connectivity index (χ3v) is 4.25. The zero-order chi connectivity index (χ0) is 14.0. The van der Waals surface area contributed by atoms with Crippen LogP contribution in [0, 0.1) is 0 Å². The fraction of sp³-hybridized carbons (Fsp3) is 0.643. The van der Waals surface area contributed by atoms with Crippen LogP contribution in [0.4, 0.5) is 5.82 Å². The number of hydrogen-bond acceptors (Lipinski definition) is 5. The Bertz CT molecular complexity index is 500. The van der Waals surface area contributed by atoms with Gasteiger partial charge in [0, 0.05) is 12.6 Å². The number of carbonyl (C=O) groups is 1. The summed E-state index contributed by atoms with van der Waals surface area (Å²) in [6.45, 7) is 0.778. The molecule has 1 spiro atoms. The molecule has 1 aromatic heterocycles. The summed E-state index contributed by atoms with van der Waals surface area (Å²) < 4.78 is 6.01. The van der Waals surface area contributed by atoms with Crippen molar-refractivity contribution in [1.82, 2.24) is 9.97 Å². The third-order valence-electron chi connectivity index (χ3n) is 4.25. The Morgan fingerprint density at radius 1 is 1.40 bits per heavy atom.